The van der Waals surface area contributed by atoms with E-state index in [0.29, 0.717) is 0 Å². The molecule has 0 saturated heterocycles. The maximum absolute atomic E-state index is 6.89. The van der Waals surface area contributed by atoms with Gasteiger partial charge in [0.05, 0.1) is 0 Å². The van der Waals surface area contributed by atoms with Crippen molar-refractivity contribution in [3.8, 4) is 22.3 Å². The second-order valence-corrected chi connectivity index (χ2v) is 15.3. The summed E-state index contributed by atoms with van der Waals surface area (Å²) in [5.41, 5.74) is 9.89. The highest BCUT2D eigenvalue weighted by Gasteiger charge is 2.23. The maximum atomic E-state index is 6.89. The molecule has 0 unspecified atom stereocenters. The molecule has 4 aromatic heterocycles. The summed E-state index contributed by atoms with van der Waals surface area (Å²) >= 11 is 1.84. The molecule has 9 aromatic carbocycles. The molecule has 0 aliphatic rings. The molecule has 0 fully saturated rings. The lowest BCUT2D eigenvalue weighted by atomic mass is 9.85. The Morgan fingerprint density at radius 2 is 0.870 bits per heavy atom. The molecule has 0 amide bonds. The van der Waals surface area contributed by atoms with Crippen molar-refractivity contribution in [3.63, 3.8) is 0 Å². The van der Waals surface area contributed by atoms with Gasteiger partial charge in [-0.3, -0.25) is 0 Å². The largest absolute Gasteiger partial charge is 0.456 e. The van der Waals surface area contributed by atoms with E-state index in [1.165, 1.54) is 58.2 Å². The molecule has 13 rings (SSSR count). The van der Waals surface area contributed by atoms with E-state index < -0.39 is 0 Å². The van der Waals surface area contributed by atoms with Crippen LogP contribution in [-0.4, -0.2) is 0 Å². The molecular weight excluding hydrogens is 681 g/mol. The summed E-state index contributed by atoms with van der Waals surface area (Å²) in [6.45, 7) is 0. The fourth-order valence-corrected chi connectivity index (χ4v) is 10.4. The Morgan fingerprint density at radius 3 is 1.63 bits per heavy atom. The first-order valence-corrected chi connectivity index (χ1v) is 19.1. The van der Waals surface area contributed by atoms with Crippen LogP contribution in [0.25, 0.3) is 130 Å². The van der Waals surface area contributed by atoms with Gasteiger partial charge in [-0.25, -0.2) is 0 Å². The minimum atomic E-state index is 0.858. The third kappa shape index (κ3) is 3.70. The van der Waals surface area contributed by atoms with Crippen LogP contribution >= 0.6 is 11.3 Å². The number of rotatable bonds is 2. The van der Waals surface area contributed by atoms with E-state index in [0.717, 1.165) is 71.6 Å². The first kappa shape index (κ1) is 28.7. The van der Waals surface area contributed by atoms with E-state index in [1.54, 1.807) is 0 Å². The average molecular weight is 707 g/mol. The first-order chi connectivity index (χ1) is 26.8. The number of hydrogen-bond donors (Lipinski definition) is 0. The van der Waals surface area contributed by atoms with Gasteiger partial charge < -0.3 is 13.3 Å². The Bertz CT molecular complexity index is 3680. The Morgan fingerprint density at radius 1 is 0.315 bits per heavy atom. The maximum Gasteiger partial charge on any atom is 0.143 e. The van der Waals surface area contributed by atoms with Crippen molar-refractivity contribution in [1.82, 2.24) is 0 Å². The average Bonchev–Trinajstić information content (AvgIpc) is 3.99. The van der Waals surface area contributed by atoms with E-state index in [1.807, 2.05) is 35.6 Å². The van der Waals surface area contributed by atoms with Gasteiger partial charge in [0.1, 0.15) is 33.5 Å². The Balaban J connectivity index is 1.09. The van der Waals surface area contributed by atoms with Crippen LogP contribution in [0.3, 0.4) is 0 Å². The van der Waals surface area contributed by atoms with Crippen LogP contribution in [0, 0.1) is 0 Å². The number of thiophene rings is 1. The van der Waals surface area contributed by atoms with Gasteiger partial charge in [0.2, 0.25) is 0 Å². The fraction of sp³-hybridized carbons (Fsp3) is 0. The van der Waals surface area contributed by atoms with Gasteiger partial charge in [-0.1, -0.05) is 109 Å². The van der Waals surface area contributed by atoms with Crippen LogP contribution in [0.15, 0.2) is 171 Å². The van der Waals surface area contributed by atoms with Crippen LogP contribution in [-0.2, 0) is 0 Å². The lowest BCUT2D eigenvalue weighted by molar-refractivity contribution is 0.663. The minimum absolute atomic E-state index is 0.858. The molecule has 0 atom stereocenters. The SMILES string of the molecule is c1ccc2c(c1)oc1ccc3oc4cc(-c5c6ccccc6c(-c6cccc7c6oc6ccc8sc9ccccc9c8c67)c6ccccc56)ccc4c3c12. The molecule has 0 saturated carbocycles. The highest BCUT2D eigenvalue weighted by molar-refractivity contribution is 7.26. The van der Waals surface area contributed by atoms with Crippen LogP contribution in [0.2, 0.25) is 0 Å². The van der Waals surface area contributed by atoms with Gasteiger partial charge in [-0.15, -0.1) is 11.3 Å². The summed E-state index contributed by atoms with van der Waals surface area (Å²) in [5.74, 6) is 0. The predicted octanol–water partition coefficient (Wildman–Crippen LogP) is 15.4. The van der Waals surface area contributed by atoms with Gasteiger partial charge in [0, 0.05) is 63.6 Å². The molecule has 0 bridgehead atoms. The van der Waals surface area contributed by atoms with Crippen molar-refractivity contribution >= 4 is 119 Å². The molecule has 13 aromatic rings. The zero-order chi connectivity index (χ0) is 35.1. The van der Waals surface area contributed by atoms with Crippen molar-refractivity contribution < 1.29 is 13.3 Å². The van der Waals surface area contributed by atoms with Gasteiger partial charge in [-0.2, -0.15) is 0 Å². The molecule has 0 radical (unpaired) electrons. The quantitative estimate of drug-likeness (QED) is 0.168. The van der Waals surface area contributed by atoms with Gasteiger partial charge in [0.25, 0.3) is 0 Å². The highest BCUT2D eigenvalue weighted by atomic mass is 32.1. The van der Waals surface area contributed by atoms with Crippen LogP contribution < -0.4 is 0 Å². The van der Waals surface area contributed by atoms with Crippen molar-refractivity contribution in [3.05, 3.63) is 158 Å². The number of hydrogen-bond acceptors (Lipinski definition) is 4. The first-order valence-electron chi connectivity index (χ1n) is 18.2. The standard InChI is InChI=1S/C50H26O3S/c1-3-12-30-28(10-1)44(27-20-21-33-41(26-27)52-39-23-22-38-46(47(33)39)32-14-5-7-18-37(32)51-38)29-11-2-4-13-31(29)45(30)35-16-9-17-36-48-40(53-50(35)36)24-25-43-49(48)34-15-6-8-19-42(34)54-43/h1-26H. The van der Waals surface area contributed by atoms with Gasteiger partial charge in [-0.05, 0) is 81.2 Å². The summed E-state index contributed by atoms with van der Waals surface area (Å²) in [4.78, 5) is 0. The van der Waals surface area contributed by atoms with E-state index >= 15 is 0 Å². The normalized spacial score (nSPS) is 12.4. The predicted molar refractivity (Wildman–Crippen MR) is 227 cm³/mol. The molecular formula is C50H26O3S. The van der Waals surface area contributed by atoms with Crippen LogP contribution in [0.4, 0.5) is 0 Å². The smallest absolute Gasteiger partial charge is 0.143 e. The Kier molecular flexibility index (Phi) is 5.51. The van der Waals surface area contributed by atoms with Crippen molar-refractivity contribution in [2.45, 2.75) is 0 Å². The fourth-order valence-electron chi connectivity index (χ4n) is 9.27. The minimum Gasteiger partial charge on any atom is -0.456 e. The van der Waals surface area contributed by atoms with E-state index in [2.05, 4.69) is 133 Å². The molecule has 54 heavy (non-hydrogen) atoms. The molecule has 3 nitrogen and oxygen atoms in total. The third-order valence-corrected chi connectivity index (χ3v) is 12.6. The highest BCUT2D eigenvalue weighted by Crippen LogP contribution is 2.49. The number of furan rings is 3. The van der Waals surface area contributed by atoms with Gasteiger partial charge in [0.15, 0.2) is 0 Å². The second-order valence-electron chi connectivity index (χ2n) is 14.3. The summed E-state index contributed by atoms with van der Waals surface area (Å²) in [6.07, 6.45) is 0. The summed E-state index contributed by atoms with van der Waals surface area (Å²) < 4.78 is 22.3. The molecule has 4 heterocycles. The van der Waals surface area contributed by atoms with E-state index in [4.69, 9.17) is 13.3 Å². The Labute approximate surface area is 310 Å². The van der Waals surface area contributed by atoms with Crippen molar-refractivity contribution in [1.29, 1.82) is 0 Å². The summed E-state index contributed by atoms with van der Waals surface area (Å²) in [7, 11) is 0. The molecule has 4 heteroatoms. The summed E-state index contributed by atoms with van der Waals surface area (Å²) in [5, 5.41) is 14.0. The number of fused-ring (bicyclic) bond motifs is 16. The summed E-state index contributed by atoms with van der Waals surface area (Å²) in [6, 6.07) is 56.3. The van der Waals surface area contributed by atoms with Crippen molar-refractivity contribution in [2.75, 3.05) is 0 Å². The number of benzene rings is 9. The van der Waals surface area contributed by atoms with Crippen LogP contribution in [0.1, 0.15) is 0 Å². The topological polar surface area (TPSA) is 39.4 Å². The van der Waals surface area contributed by atoms with Crippen molar-refractivity contribution in [2.24, 2.45) is 0 Å². The molecule has 0 N–H and O–H groups in total. The van der Waals surface area contributed by atoms with E-state index in [9.17, 15) is 0 Å². The molecule has 0 spiro atoms. The van der Waals surface area contributed by atoms with E-state index in [-0.39, 0.29) is 0 Å². The Hall–Kier alpha value is -6.88. The van der Waals surface area contributed by atoms with Gasteiger partial charge >= 0.3 is 0 Å². The number of para-hydroxylation sites is 2. The zero-order valence-electron chi connectivity index (χ0n) is 28.6. The van der Waals surface area contributed by atoms with Crippen LogP contribution in [0.5, 0.6) is 0 Å². The lowest BCUT2D eigenvalue weighted by Gasteiger charge is -2.17. The zero-order valence-corrected chi connectivity index (χ0v) is 29.5. The molecule has 0 aliphatic heterocycles. The second kappa shape index (κ2) is 10.4. The monoisotopic (exact) mass is 706 g/mol. The molecule has 0 aliphatic carbocycles. The molecule has 250 valence electrons. The third-order valence-electron chi connectivity index (χ3n) is 11.5. The lowest BCUT2D eigenvalue weighted by Crippen LogP contribution is -1.91.